The predicted molar refractivity (Wildman–Crippen MR) is 89.3 cm³/mol. The molecule has 0 fully saturated rings. The molecule has 1 N–H and O–H groups in total. The van der Waals surface area contributed by atoms with Crippen LogP contribution in [0.3, 0.4) is 0 Å². The van der Waals surface area contributed by atoms with Crippen molar-refractivity contribution in [1.82, 2.24) is 0 Å². The number of carbonyl (C=O) groups excluding carboxylic acids is 2. The van der Waals surface area contributed by atoms with Gasteiger partial charge in [0.25, 0.3) is 0 Å². The first-order valence-corrected chi connectivity index (χ1v) is 7.46. The molecule has 2 aromatic rings. The van der Waals surface area contributed by atoms with Crippen molar-refractivity contribution in [3.63, 3.8) is 0 Å². The Labute approximate surface area is 147 Å². The number of nitrogens with zero attached hydrogens (tertiary/aromatic N) is 2. The minimum atomic E-state index is -4.48. The largest absolute Gasteiger partial charge is 0.416 e. The lowest BCUT2D eigenvalue weighted by Gasteiger charge is -2.21. The van der Waals surface area contributed by atoms with Crippen LogP contribution in [0.2, 0.25) is 0 Å². The van der Waals surface area contributed by atoms with E-state index >= 15 is 0 Å². The van der Waals surface area contributed by atoms with E-state index in [9.17, 15) is 22.8 Å². The highest BCUT2D eigenvalue weighted by Crippen LogP contribution is 2.30. The highest BCUT2D eigenvalue weighted by molar-refractivity contribution is 6.01. The summed E-state index contributed by atoms with van der Waals surface area (Å²) in [5, 5.41) is 11.4. The third-order valence-electron chi connectivity index (χ3n) is 3.46. The average molecular weight is 361 g/mol. The van der Waals surface area contributed by atoms with E-state index < -0.39 is 23.6 Å². The van der Waals surface area contributed by atoms with Crippen LogP contribution in [0.25, 0.3) is 0 Å². The molecule has 0 saturated carbocycles. The van der Waals surface area contributed by atoms with Crippen molar-refractivity contribution in [2.75, 3.05) is 16.8 Å². The lowest BCUT2D eigenvalue weighted by molar-refractivity contribution is -0.137. The summed E-state index contributed by atoms with van der Waals surface area (Å²) in [6.07, 6.45) is -4.48. The molecule has 0 radical (unpaired) electrons. The van der Waals surface area contributed by atoms with Crippen LogP contribution in [-0.2, 0) is 15.8 Å². The molecule has 0 bridgehead atoms. The maximum absolute atomic E-state index is 12.6. The van der Waals surface area contributed by atoms with Crippen LogP contribution in [0.5, 0.6) is 0 Å². The Hall–Kier alpha value is -3.34. The number of amides is 2. The van der Waals surface area contributed by atoms with E-state index in [0.29, 0.717) is 11.3 Å². The summed E-state index contributed by atoms with van der Waals surface area (Å²) in [5.74, 6) is -1.04. The van der Waals surface area contributed by atoms with Gasteiger partial charge in [-0.3, -0.25) is 9.59 Å². The number of alkyl halides is 3. The molecule has 8 heteroatoms. The van der Waals surface area contributed by atoms with Gasteiger partial charge < -0.3 is 10.2 Å². The van der Waals surface area contributed by atoms with Gasteiger partial charge in [0.1, 0.15) is 6.54 Å². The maximum atomic E-state index is 12.6. The number of anilines is 2. The van der Waals surface area contributed by atoms with Gasteiger partial charge in [-0.1, -0.05) is 6.07 Å². The molecule has 0 aliphatic heterocycles. The summed E-state index contributed by atoms with van der Waals surface area (Å²) in [5.41, 5.74) is 0.0629. The molecule has 2 amide bonds. The number of benzene rings is 2. The van der Waals surface area contributed by atoms with Gasteiger partial charge >= 0.3 is 6.18 Å². The molecule has 0 heterocycles. The summed E-state index contributed by atoms with van der Waals surface area (Å²) in [7, 11) is 0. The molecular weight excluding hydrogens is 347 g/mol. The quantitative estimate of drug-likeness (QED) is 0.905. The summed E-state index contributed by atoms with van der Waals surface area (Å²) >= 11 is 0. The van der Waals surface area contributed by atoms with Gasteiger partial charge in [-0.15, -0.1) is 0 Å². The molecule has 0 unspecified atom stereocenters. The normalized spacial score (nSPS) is 10.7. The number of rotatable bonds is 4. The van der Waals surface area contributed by atoms with Gasteiger partial charge in [0.2, 0.25) is 11.8 Å². The number of halogens is 3. The van der Waals surface area contributed by atoms with Gasteiger partial charge in [-0.05, 0) is 42.5 Å². The van der Waals surface area contributed by atoms with Crippen molar-refractivity contribution in [2.45, 2.75) is 13.1 Å². The van der Waals surface area contributed by atoms with Crippen molar-refractivity contribution < 1.29 is 22.8 Å². The third kappa shape index (κ3) is 4.83. The van der Waals surface area contributed by atoms with E-state index in [1.165, 1.54) is 13.0 Å². The molecule has 2 aromatic carbocycles. The molecule has 0 aliphatic rings. The van der Waals surface area contributed by atoms with Crippen LogP contribution in [0.1, 0.15) is 18.1 Å². The number of carbonyl (C=O) groups is 2. The molecule has 134 valence electrons. The van der Waals surface area contributed by atoms with Gasteiger partial charge in [-0.25, -0.2) is 0 Å². The zero-order chi connectivity index (χ0) is 19.3. The Morgan fingerprint density at radius 2 is 1.81 bits per heavy atom. The zero-order valence-electron chi connectivity index (χ0n) is 13.7. The van der Waals surface area contributed by atoms with Crippen LogP contribution in [0.4, 0.5) is 24.5 Å². The van der Waals surface area contributed by atoms with Gasteiger partial charge in [-0.2, -0.15) is 18.4 Å². The van der Waals surface area contributed by atoms with Crippen molar-refractivity contribution in [2.24, 2.45) is 0 Å². The van der Waals surface area contributed by atoms with Crippen LogP contribution in [0.15, 0.2) is 48.5 Å². The minimum absolute atomic E-state index is 0.173. The summed E-state index contributed by atoms with van der Waals surface area (Å²) in [4.78, 5) is 25.0. The fourth-order valence-corrected chi connectivity index (χ4v) is 2.23. The second kappa shape index (κ2) is 7.70. The summed E-state index contributed by atoms with van der Waals surface area (Å²) < 4.78 is 37.9. The van der Waals surface area contributed by atoms with Gasteiger partial charge in [0.05, 0.1) is 17.2 Å². The molecule has 0 atom stereocenters. The lowest BCUT2D eigenvalue weighted by Crippen LogP contribution is -2.36. The van der Waals surface area contributed by atoms with Crippen molar-refractivity contribution in [3.8, 4) is 6.07 Å². The van der Waals surface area contributed by atoms with Crippen LogP contribution >= 0.6 is 0 Å². The first-order valence-electron chi connectivity index (χ1n) is 7.46. The molecule has 2 rings (SSSR count). The lowest BCUT2D eigenvalue weighted by atomic mass is 10.2. The monoisotopic (exact) mass is 361 g/mol. The molecular formula is C18H14F3N3O2. The van der Waals surface area contributed by atoms with E-state index in [4.69, 9.17) is 5.26 Å². The molecule has 26 heavy (non-hydrogen) atoms. The Bertz CT molecular complexity index is 855. The molecule has 0 aliphatic carbocycles. The number of nitriles is 1. The average Bonchev–Trinajstić information content (AvgIpc) is 2.59. The Kier molecular flexibility index (Phi) is 5.62. The maximum Gasteiger partial charge on any atom is 0.416 e. The molecule has 0 aromatic heterocycles. The second-order valence-electron chi connectivity index (χ2n) is 5.39. The standard InChI is InChI=1S/C18H14F3N3O2/c1-12(25)24(16-7-5-14(6-8-16)18(19,20)21)11-17(26)23-15-4-2-3-13(9-15)10-22/h2-9H,11H2,1H3,(H,23,26). The summed E-state index contributed by atoms with van der Waals surface area (Å²) in [6.45, 7) is 0.832. The van der Waals surface area contributed by atoms with Gasteiger partial charge in [0, 0.05) is 18.3 Å². The number of hydrogen-bond acceptors (Lipinski definition) is 3. The smallest absolute Gasteiger partial charge is 0.324 e. The minimum Gasteiger partial charge on any atom is -0.324 e. The fourth-order valence-electron chi connectivity index (χ4n) is 2.23. The van der Waals surface area contributed by atoms with Crippen molar-refractivity contribution in [1.29, 1.82) is 5.26 Å². The highest BCUT2D eigenvalue weighted by atomic mass is 19.4. The first-order chi connectivity index (χ1) is 12.2. The van der Waals surface area contributed by atoms with E-state index in [1.54, 1.807) is 18.2 Å². The molecule has 0 saturated heterocycles. The molecule has 0 spiro atoms. The Balaban J connectivity index is 2.14. The number of hydrogen-bond donors (Lipinski definition) is 1. The predicted octanol–water partition coefficient (Wildman–Crippen LogP) is 3.57. The SMILES string of the molecule is CC(=O)N(CC(=O)Nc1cccc(C#N)c1)c1ccc(C(F)(F)F)cc1. The van der Waals surface area contributed by atoms with Crippen molar-refractivity contribution >= 4 is 23.2 Å². The van der Waals surface area contributed by atoms with Crippen LogP contribution in [-0.4, -0.2) is 18.4 Å². The Morgan fingerprint density at radius 3 is 2.35 bits per heavy atom. The highest BCUT2D eigenvalue weighted by Gasteiger charge is 2.30. The van der Waals surface area contributed by atoms with E-state index in [0.717, 1.165) is 29.2 Å². The van der Waals surface area contributed by atoms with Gasteiger partial charge in [0.15, 0.2) is 0 Å². The first kappa shape index (κ1) is 19.0. The fraction of sp³-hybridized carbons (Fsp3) is 0.167. The zero-order valence-corrected chi connectivity index (χ0v) is 13.7. The topological polar surface area (TPSA) is 73.2 Å². The van der Waals surface area contributed by atoms with Crippen LogP contribution in [0, 0.1) is 11.3 Å². The second-order valence-corrected chi connectivity index (χ2v) is 5.39. The van der Waals surface area contributed by atoms with Crippen molar-refractivity contribution in [3.05, 3.63) is 59.7 Å². The van der Waals surface area contributed by atoms with E-state index in [2.05, 4.69) is 5.32 Å². The number of nitrogens with one attached hydrogen (secondary N) is 1. The summed E-state index contributed by atoms with van der Waals surface area (Å²) in [6, 6.07) is 12.1. The molecule has 5 nitrogen and oxygen atoms in total. The third-order valence-corrected chi connectivity index (χ3v) is 3.46. The Morgan fingerprint density at radius 1 is 1.15 bits per heavy atom. The van der Waals surface area contributed by atoms with Crippen LogP contribution < -0.4 is 10.2 Å². The van der Waals surface area contributed by atoms with E-state index in [-0.39, 0.29) is 12.2 Å². The van der Waals surface area contributed by atoms with E-state index in [1.807, 2.05) is 6.07 Å².